The van der Waals surface area contributed by atoms with E-state index in [-0.39, 0.29) is 23.5 Å². The van der Waals surface area contributed by atoms with Crippen LogP contribution in [0, 0.1) is 12.8 Å². The first-order valence-electron chi connectivity index (χ1n) is 14.7. The Labute approximate surface area is 236 Å². The number of hydrogen-bond donors (Lipinski definition) is 3. The van der Waals surface area contributed by atoms with E-state index in [9.17, 15) is 19.5 Å². The smallest absolute Gasteiger partial charge is 0.408 e. The number of phenolic OH excluding ortho intramolecular Hbond substituents is 1. The molecule has 222 valence electrons. The maximum atomic E-state index is 14.3. The Morgan fingerprint density at radius 2 is 1.64 bits per heavy atom. The quantitative estimate of drug-likeness (QED) is 0.208. The van der Waals surface area contributed by atoms with Crippen LogP contribution in [0.1, 0.15) is 117 Å². The lowest BCUT2D eigenvalue weighted by Crippen LogP contribution is -2.55. The number of carbonyl (C=O) groups excluding carboxylic acids is 3. The van der Waals surface area contributed by atoms with E-state index in [1.54, 1.807) is 50.8 Å². The van der Waals surface area contributed by atoms with Crippen molar-refractivity contribution in [3.8, 4) is 5.75 Å². The van der Waals surface area contributed by atoms with Gasteiger partial charge in [0.2, 0.25) is 11.8 Å². The Morgan fingerprint density at radius 1 is 1.00 bits per heavy atom. The minimum Gasteiger partial charge on any atom is -0.507 e. The maximum Gasteiger partial charge on any atom is 0.408 e. The second kappa shape index (κ2) is 17.0. The summed E-state index contributed by atoms with van der Waals surface area (Å²) in [5.74, 6) is -0.905. The van der Waals surface area contributed by atoms with E-state index in [0.717, 1.165) is 38.5 Å². The molecular formula is C31H53N3O5. The highest BCUT2D eigenvalue weighted by atomic mass is 16.6. The van der Waals surface area contributed by atoms with Gasteiger partial charge < -0.3 is 25.4 Å². The first-order chi connectivity index (χ1) is 18.4. The van der Waals surface area contributed by atoms with Gasteiger partial charge in [-0.15, -0.1) is 0 Å². The summed E-state index contributed by atoms with van der Waals surface area (Å²) in [6.07, 6.45) is 6.44. The molecule has 3 unspecified atom stereocenters. The molecule has 0 aliphatic heterocycles. The summed E-state index contributed by atoms with van der Waals surface area (Å²) in [5, 5.41) is 16.8. The molecule has 0 heterocycles. The number of para-hydroxylation sites is 1. The van der Waals surface area contributed by atoms with Crippen LogP contribution in [0.2, 0.25) is 0 Å². The number of nitrogens with zero attached hydrogens (tertiary/aromatic N) is 1. The van der Waals surface area contributed by atoms with Crippen LogP contribution < -0.4 is 10.6 Å². The molecule has 0 bridgehead atoms. The Balaban J connectivity index is 3.54. The second-order valence-corrected chi connectivity index (χ2v) is 11.5. The number of phenols is 1. The molecule has 1 rings (SSSR count). The van der Waals surface area contributed by atoms with Crippen LogP contribution >= 0.6 is 0 Å². The molecule has 0 fully saturated rings. The molecular weight excluding hydrogens is 494 g/mol. The van der Waals surface area contributed by atoms with E-state index in [1.165, 1.54) is 0 Å². The number of unbranched alkanes of at least 4 members (excludes halogenated alkanes) is 5. The number of nitrogens with one attached hydrogen (secondary N) is 2. The fraction of sp³-hybridized carbons (Fsp3) is 0.710. The molecule has 39 heavy (non-hydrogen) atoms. The first kappa shape index (κ1) is 34.3. The van der Waals surface area contributed by atoms with Gasteiger partial charge in [0.15, 0.2) is 0 Å². The molecule has 1 aromatic rings. The van der Waals surface area contributed by atoms with Crippen LogP contribution in [0.25, 0.3) is 0 Å². The molecule has 8 nitrogen and oxygen atoms in total. The zero-order chi connectivity index (χ0) is 29.6. The molecule has 0 saturated heterocycles. The Kier molecular flexibility index (Phi) is 15.0. The molecule has 3 amide bonds. The predicted molar refractivity (Wildman–Crippen MR) is 157 cm³/mol. The lowest BCUT2D eigenvalue weighted by molar-refractivity contribution is -0.143. The maximum absolute atomic E-state index is 14.3. The van der Waals surface area contributed by atoms with E-state index in [1.807, 2.05) is 13.8 Å². The zero-order valence-electron chi connectivity index (χ0n) is 25.6. The van der Waals surface area contributed by atoms with Crippen molar-refractivity contribution in [1.29, 1.82) is 0 Å². The highest BCUT2D eigenvalue weighted by Gasteiger charge is 2.39. The fourth-order valence-corrected chi connectivity index (χ4v) is 4.41. The normalized spacial score (nSPS) is 13.7. The topological polar surface area (TPSA) is 108 Å². The Morgan fingerprint density at radius 3 is 2.23 bits per heavy atom. The predicted octanol–water partition coefficient (Wildman–Crippen LogP) is 6.40. The number of carbonyl (C=O) groups is 3. The van der Waals surface area contributed by atoms with Gasteiger partial charge >= 0.3 is 6.09 Å². The molecule has 1 aromatic carbocycles. The summed E-state index contributed by atoms with van der Waals surface area (Å²) in [4.78, 5) is 42.4. The molecule has 0 saturated carbocycles. The SMILES string of the molecule is CCCCCCN(C(=O)C(NC(=O)OC(C)(C)C)C(C)CC)C(C(=O)NCCCCC)c1cccc(C)c1O. The van der Waals surface area contributed by atoms with Gasteiger partial charge in [-0.1, -0.05) is 84.4 Å². The molecule has 0 aliphatic carbocycles. The van der Waals surface area contributed by atoms with Gasteiger partial charge in [0.25, 0.3) is 0 Å². The van der Waals surface area contributed by atoms with E-state index >= 15 is 0 Å². The van der Waals surface area contributed by atoms with Crippen molar-refractivity contribution in [1.82, 2.24) is 15.5 Å². The minimum atomic E-state index is -1.03. The van der Waals surface area contributed by atoms with Crippen molar-refractivity contribution >= 4 is 17.9 Å². The van der Waals surface area contributed by atoms with Crippen molar-refractivity contribution in [2.75, 3.05) is 13.1 Å². The van der Waals surface area contributed by atoms with Crippen LogP contribution in [0.5, 0.6) is 5.75 Å². The molecule has 0 radical (unpaired) electrons. The third-order valence-corrected chi connectivity index (χ3v) is 6.89. The highest BCUT2D eigenvalue weighted by molar-refractivity contribution is 5.92. The number of alkyl carbamates (subject to hydrolysis) is 1. The van der Waals surface area contributed by atoms with Gasteiger partial charge in [0, 0.05) is 18.7 Å². The van der Waals surface area contributed by atoms with Gasteiger partial charge in [-0.25, -0.2) is 4.79 Å². The van der Waals surface area contributed by atoms with Gasteiger partial charge in [0.1, 0.15) is 23.4 Å². The summed E-state index contributed by atoms with van der Waals surface area (Å²) in [5.41, 5.74) is 0.286. The molecule has 3 atom stereocenters. The monoisotopic (exact) mass is 547 g/mol. The summed E-state index contributed by atoms with van der Waals surface area (Å²) in [7, 11) is 0. The average Bonchev–Trinajstić information content (AvgIpc) is 2.87. The lowest BCUT2D eigenvalue weighted by atomic mass is 9.94. The third-order valence-electron chi connectivity index (χ3n) is 6.89. The van der Waals surface area contributed by atoms with Crippen molar-refractivity contribution < 1.29 is 24.2 Å². The Bertz CT molecular complexity index is 912. The minimum absolute atomic E-state index is 0.00208. The van der Waals surface area contributed by atoms with E-state index in [2.05, 4.69) is 24.5 Å². The van der Waals surface area contributed by atoms with Crippen molar-refractivity contribution in [3.05, 3.63) is 29.3 Å². The first-order valence-corrected chi connectivity index (χ1v) is 14.7. The van der Waals surface area contributed by atoms with E-state index in [0.29, 0.717) is 37.1 Å². The zero-order valence-corrected chi connectivity index (χ0v) is 25.6. The lowest BCUT2D eigenvalue weighted by Gasteiger charge is -2.36. The molecule has 8 heteroatoms. The van der Waals surface area contributed by atoms with Crippen molar-refractivity contribution in [2.24, 2.45) is 5.92 Å². The summed E-state index contributed by atoms with van der Waals surface area (Å²) in [6.45, 7) is 16.0. The van der Waals surface area contributed by atoms with Crippen molar-refractivity contribution in [3.63, 3.8) is 0 Å². The average molecular weight is 548 g/mol. The van der Waals surface area contributed by atoms with E-state index in [4.69, 9.17) is 4.74 Å². The number of rotatable bonds is 16. The highest BCUT2D eigenvalue weighted by Crippen LogP contribution is 2.33. The molecule has 0 aliphatic rings. The summed E-state index contributed by atoms with van der Waals surface area (Å²) >= 11 is 0. The fourth-order valence-electron chi connectivity index (χ4n) is 4.41. The number of benzene rings is 1. The number of hydrogen-bond acceptors (Lipinski definition) is 5. The molecule has 3 N–H and O–H groups in total. The van der Waals surface area contributed by atoms with Gasteiger partial charge in [-0.2, -0.15) is 0 Å². The van der Waals surface area contributed by atoms with Crippen molar-refractivity contribution in [2.45, 2.75) is 124 Å². The standard InChI is InChI=1S/C31H53N3O5/c1-9-12-14-16-21-34(29(37)25(22(4)11-3)33-30(38)39-31(6,7)8)26(28(36)32-20-15-13-10-2)24-19-17-18-23(5)27(24)35/h17-19,22,25-26,35H,9-16,20-21H2,1-8H3,(H,32,36)(H,33,38). The van der Waals surface area contributed by atoms with Gasteiger partial charge in [-0.05, 0) is 52.0 Å². The van der Waals surface area contributed by atoms with Crippen LogP contribution in [0.4, 0.5) is 4.79 Å². The van der Waals surface area contributed by atoms with Gasteiger partial charge in [0.05, 0.1) is 0 Å². The number of ether oxygens (including phenoxy) is 1. The molecule has 0 spiro atoms. The van der Waals surface area contributed by atoms with Crippen LogP contribution in [0.3, 0.4) is 0 Å². The summed E-state index contributed by atoms with van der Waals surface area (Å²) in [6, 6.07) is 3.33. The largest absolute Gasteiger partial charge is 0.507 e. The third kappa shape index (κ3) is 11.5. The molecule has 0 aromatic heterocycles. The second-order valence-electron chi connectivity index (χ2n) is 11.5. The van der Waals surface area contributed by atoms with Gasteiger partial charge in [-0.3, -0.25) is 9.59 Å². The van der Waals surface area contributed by atoms with Crippen LogP contribution in [0.15, 0.2) is 18.2 Å². The summed E-state index contributed by atoms with van der Waals surface area (Å²) < 4.78 is 5.47. The van der Waals surface area contributed by atoms with E-state index < -0.39 is 23.8 Å². The number of aromatic hydroxyl groups is 1. The Hall–Kier alpha value is -2.77. The van der Waals surface area contributed by atoms with Crippen LogP contribution in [-0.4, -0.2) is 52.6 Å². The number of amides is 3. The number of aryl methyl sites for hydroxylation is 1. The van der Waals surface area contributed by atoms with Crippen LogP contribution in [-0.2, 0) is 14.3 Å².